The lowest BCUT2D eigenvalue weighted by atomic mass is 10.0. The number of nitrogens with zero attached hydrogens (tertiary/aromatic N) is 2. The van der Waals surface area contributed by atoms with Gasteiger partial charge in [-0.1, -0.05) is 59.4 Å². The zero-order valence-electron chi connectivity index (χ0n) is 18.4. The lowest BCUT2D eigenvalue weighted by molar-refractivity contribution is 0.810. The summed E-state index contributed by atoms with van der Waals surface area (Å²) in [4.78, 5) is 9.07. The molecule has 0 aliphatic carbocycles. The van der Waals surface area contributed by atoms with E-state index in [1.54, 1.807) is 0 Å². The van der Waals surface area contributed by atoms with Crippen LogP contribution >= 0.6 is 0 Å². The first-order valence-electron chi connectivity index (χ1n) is 11.0. The van der Waals surface area contributed by atoms with E-state index in [4.69, 9.17) is 11.5 Å². The summed E-state index contributed by atoms with van der Waals surface area (Å²) in [6.07, 6.45) is 9.05. The Hall–Kier alpha value is -1.78. The molecule has 4 nitrogen and oxygen atoms in total. The predicted octanol–water partition coefficient (Wildman–Crippen LogP) is 4.89. The van der Waals surface area contributed by atoms with E-state index < -0.39 is 0 Å². The summed E-state index contributed by atoms with van der Waals surface area (Å²) in [6, 6.07) is 8.57. The third kappa shape index (κ3) is 8.49. The van der Waals surface area contributed by atoms with Crippen LogP contribution in [-0.2, 0) is 38.8 Å². The van der Waals surface area contributed by atoms with Crippen LogP contribution in [0.4, 0.5) is 0 Å². The highest BCUT2D eigenvalue weighted by Crippen LogP contribution is 2.12. The van der Waals surface area contributed by atoms with Gasteiger partial charge in [-0.05, 0) is 55.0 Å². The van der Waals surface area contributed by atoms with Gasteiger partial charge in [0.2, 0.25) is 0 Å². The largest absolute Gasteiger partial charge is 0.325 e. The van der Waals surface area contributed by atoms with Gasteiger partial charge in [0, 0.05) is 24.5 Å². The highest BCUT2D eigenvalue weighted by molar-refractivity contribution is 5.24. The second-order valence-corrected chi connectivity index (χ2v) is 7.27. The van der Waals surface area contributed by atoms with E-state index in [0.717, 1.165) is 49.9 Å². The Morgan fingerprint density at radius 3 is 1.82 bits per heavy atom. The van der Waals surface area contributed by atoms with Crippen LogP contribution in [0.15, 0.2) is 24.3 Å². The quantitative estimate of drug-likeness (QED) is 0.611. The van der Waals surface area contributed by atoms with Crippen molar-refractivity contribution >= 4 is 0 Å². The van der Waals surface area contributed by atoms with Gasteiger partial charge in [0.05, 0.1) is 11.4 Å². The molecular weight excluding hydrogens is 344 g/mol. The van der Waals surface area contributed by atoms with E-state index in [9.17, 15) is 0 Å². The van der Waals surface area contributed by atoms with Gasteiger partial charge in [0.15, 0.2) is 0 Å². The van der Waals surface area contributed by atoms with Crippen molar-refractivity contribution in [2.24, 2.45) is 11.5 Å². The topological polar surface area (TPSA) is 77.8 Å². The summed E-state index contributed by atoms with van der Waals surface area (Å²) in [7, 11) is 0. The third-order valence-corrected chi connectivity index (χ3v) is 4.59. The lowest BCUT2D eigenvalue weighted by Gasteiger charge is -2.08. The average Bonchev–Trinajstić information content (AvgIpc) is 2.70. The Bertz CT molecular complexity index is 658. The molecule has 0 saturated carbocycles. The fourth-order valence-electron chi connectivity index (χ4n) is 3.28. The highest BCUT2D eigenvalue weighted by Gasteiger charge is 2.03. The molecule has 2 aromatic heterocycles. The van der Waals surface area contributed by atoms with Crippen molar-refractivity contribution in [2.75, 3.05) is 0 Å². The van der Waals surface area contributed by atoms with Gasteiger partial charge in [-0.3, -0.25) is 9.97 Å². The summed E-state index contributed by atoms with van der Waals surface area (Å²) in [5.41, 5.74) is 18.4. The molecule has 0 aromatic carbocycles. The molecule has 2 rings (SSSR count). The fraction of sp³-hybridized carbons (Fsp3) is 0.583. The number of hydrogen-bond donors (Lipinski definition) is 2. The van der Waals surface area contributed by atoms with Crippen LogP contribution in [0, 0.1) is 0 Å². The molecule has 2 heterocycles. The second kappa shape index (κ2) is 14.3. The van der Waals surface area contributed by atoms with Crippen LogP contribution < -0.4 is 11.5 Å². The SMILES string of the molecule is CCCc1cc(CN)nc(CCC)c1.CCCc1ccc(CN)nc1CCC. The Morgan fingerprint density at radius 2 is 1.25 bits per heavy atom. The van der Waals surface area contributed by atoms with Crippen LogP contribution in [0.1, 0.15) is 87.3 Å². The molecule has 0 saturated heterocycles. The summed E-state index contributed by atoms with van der Waals surface area (Å²) < 4.78 is 0. The van der Waals surface area contributed by atoms with Gasteiger partial charge in [-0.25, -0.2) is 0 Å². The standard InChI is InChI=1S/2C12H20N2/c1-3-5-10-7-11(6-4-2)14-12(8-10)9-13;1-3-5-10-7-8-11(9-13)14-12(10)6-4-2/h2*7-8H,3-6,9,13H2,1-2H3. The third-order valence-electron chi connectivity index (χ3n) is 4.59. The van der Waals surface area contributed by atoms with E-state index in [2.05, 4.69) is 55.9 Å². The lowest BCUT2D eigenvalue weighted by Crippen LogP contribution is -2.05. The van der Waals surface area contributed by atoms with Gasteiger partial charge < -0.3 is 11.5 Å². The minimum absolute atomic E-state index is 0.545. The minimum atomic E-state index is 0.545. The summed E-state index contributed by atoms with van der Waals surface area (Å²) in [5, 5.41) is 0. The monoisotopic (exact) mass is 384 g/mol. The molecule has 156 valence electrons. The van der Waals surface area contributed by atoms with Crippen molar-refractivity contribution in [1.29, 1.82) is 0 Å². The van der Waals surface area contributed by atoms with E-state index in [1.165, 1.54) is 35.4 Å². The first-order chi connectivity index (χ1) is 13.6. The molecule has 0 aliphatic rings. The van der Waals surface area contributed by atoms with Gasteiger partial charge in [-0.15, -0.1) is 0 Å². The van der Waals surface area contributed by atoms with Crippen molar-refractivity contribution in [1.82, 2.24) is 9.97 Å². The molecule has 0 atom stereocenters. The van der Waals surface area contributed by atoms with Crippen molar-refractivity contribution in [3.63, 3.8) is 0 Å². The number of aromatic nitrogens is 2. The van der Waals surface area contributed by atoms with Crippen LogP contribution in [0.25, 0.3) is 0 Å². The first kappa shape index (κ1) is 24.3. The summed E-state index contributed by atoms with van der Waals surface area (Å²) in [6.45, 7) is 9.86. The molecule has 0 spiro atoms. The zero-order valence-corrected chi connectivity index (χ0v) is 18.4. The Labute approximate surface area is 172 Å². The Kier molecular flexibility index (Phi) is 12.3. The molecule has 4 N–H and O–H groups in total. The smallest absolute Gasteiger partial charge is 0.0545 e. The maximum atomic E-state index is 5.62. The van der Waals surface area contributed by atoms with Crippen molar-refractivity contribution in [3.05, 3.63) is 58.2 Å². The molecule has 28 heavy (non-hydrogen) atoms. The molecule has 0 fully saturated rings. The van der Waals surface area contributed by atoms with Crippen molar-refractivity contribution in [2.45, 2.75) is 92.2 Å². The van der Waals surface area contributed by atoms with E-state index in [1.807, 2.05) is 6.07 Å². The predicted molar refractivity (Wildman–Crippen MR) is 120 cm³/mol. The zero-order chi connectivity index (χ0) is 20.8. The molecule has 0 unspecified atom stereocenters. The van der Waals surface area contributed by atoms with Crippen LogP contribution in [0.5, 0.6) is 0 Å². The van der Waals surface area contributed by atoms with Crippen LogP contribution in [-0.4, -0.2) is 9.97 Å². The Morgan fingerprint density at radius 1 is 0.643 bits per heavy atom. The molecule has 0 radical (unpaired) electrons. The molecule has 4 heteroatoms. The van der Waals surface area contributed by atoms with Gasteiger partial charge in [0.25, 0.3) is 0 Å². The van der Waals surface area contributed by atoms with Crippen LogP contribution in [0.2, 0.25) is 0 Å². The summed E-state index contributed by atoms with van der Waals surface area (Å²) >= 11 is 0. The summed E-state index contributed by atoms with van der Waals surface area (Å²) in [5.74, 6) is 0. The molecule has 2 aromatic rings. The first-order valence-corrected chi connectivity index (χ1v) is 11.0. The van der Waals surface area contributed by atoms with Gasteiger partial charge in [-0.2, -0.15) is 0 Å². The second-order valence-electron chi connectivity index (χ2n) is 7.27. The number of hydrogen-bond acceptors (Lipinski definition) is 4. The van der Waals surface area contributed by atoms with Crippen LogP contribution in [0.3, 0.4) is 0 Å². The normalized spacial score (nSPS) is 10.5. The van der Waals surface area contributed by atoms with Crippen molar-refractivity contribution < 1.29 is 0 Å². The maximum Gasteiger partial charge on any atom is 0.0545 e. The Balaban J connectivity index is 0.000000280. The molecule has 0 bridgehead atoms. The van der Waals surface area contributed by atoms with Gasteiger partial charge in [0.1, 0.15) is 0 Å². The number of pyridine rings is 2. The number of rotatable bonds is 10. The molecular formula is C24H40N4. The minimum Gasteiger partial charge on any atom is -0.325 e. The van der Waals surface area contributed by atoms with E-state index >= 15 is 0 Å². The molecule has 0 amide bonds. The maximum absolute atomic E-state index is 5.62. The van der Waals surface area contributed by atoms with Gasteiger partial charge >= 0.3 is 0 Å². The average molecular weight is 385 g/mol. The van der Waals surface area contributed by atoms with E-state index in [0.29, 0.717) is 13.1 Å². The van der Waals surface area contributed by atoms with E-state index in [-0.39, 0.29) is 0 Å². The number of nitrogens with two attached hydrogens (primary N) is 2. The van der Waals surface area contributed by atoms with Crippen molar-refractivity contribution in [3.8, 4) is 0 Å². The highest BCUT2D eigenvalue weighted by atomic mass is 14.8. The fourth-order valence-corrected chi connectivity index (χ4v) is 3.28. The number of aryl methyl sites for hydroxylation is 4. The molecule has 0 aliphatic heterocycles.